The lowest BCUT2D eigenvalue weighted by atomic mass is 9.87. The van der Waals surface area contributed by atoms with E-state index in [4.69, 9.17) is 4.74 Å². The number of hydrogen-bond donors (Lipinski definition) is 0. The van der Waals surface area contributed by atoms with E-state index in [1.54, 1.807) is 7.11 Å². The first-order chi connectivity index (χ1) is 5.95. The second kappa shape index (κ2) is 3.86. The number of ether oxygens (including phenoxy) is 1. The molecule has 0 saturated heterocycles. The molecule has 2 heteroatoms. The Balaban J connectivity index is 3.10. The van der Waals surface area contributed by atoms with Gasteiger partial charge in [0.1, 0.15) is 5.75 Å². The molecule has 0 N–H and O–H groups in total. The number of methoxy groups -OCH3 is 1. The first-order valence-electron chi connectivity index (χ1n) is 4.29. The molecule has 0 fully saturated rings. The SMILES string of the molecule is COc1ccc(C(C)(C)C)cc1I. The van der Waals surface area contributed by atoms with Gasteiger partial charge in [-0.25, -0.2) is 0 Å². The first-order valence-corrected chi connectivity index (χ1v) is 5.37. The van der Waals surface area contributed by atoms with Crippen molar-refractivity contribution in [3.8, 4) is 5.75 Å². The highest BCUT2D eigenvalue weighted by Gasteiger charge is 2.14. The zero-order chi connectivity index (χ0) is 10.1. The number of benzene rings is 1. The molecule has 0 bridgehead atoms. The molecule has 13 heavy (non-hydrogen) atoms. The minimum atomic E-state index is 0.214. The van der Waals surface area contributed by atoms with Gasteiger partial charge < -0.3 is 4.74 Å². The van der Waals surface area contributed by atoms with E-state index in [1.165, 1.54) is 9.13 Å². The Labute approximate surface area is 93.6 Å². The maximum absolute atomic E-state index is 5.21. The molecule has 1 nitrogen and oxygen atoms in total. The van der Waals surface area contributed by atoms with Crippen LogP contribution in [0.5, 0.6) is 5.75 Å². The summed E-state index contributed by atoms with van der Waals surface area (Å²) in [6.07, 6.45) is 0. The molecule has 72 valence electrons. The predicted molar refractivity (Wildman–Crippen MR) is 64.4 cm³/mol. The zero-order valence-electron chi connectivity index (χ0n) is 8.52. The molecule has 0 spiro atoms. The van der Waals surface area contributed by atoms with Gasteiger partial charge >= 0.3 is 0 Å². The van der Waals surface area contributed by atoms with E-state index < -0.39 is 0 Å². The Morgan fingerprint density at radius 3 is 2.23 bits per heavy atom. The van der Waals surface area contributed by atoms with Gasteiger partial charge in [-0.3, -0.25) is 0 Å². The molecule has 1 aromatic rings. The highest BCUT2D eigenvalue weighted by Crippen LogP contribution is 2.28. The topological polar surface area (TPSA) is 9.23 Å². The fourth-order valence-electron chi connectivity index (χ4n) is 1.13. The summed E-state index contributed by atoms with van der Waals surface area (Å²) in [5.41, 5.74) is 1.56. The molecule has 0 aromatic heterocycles. The average molecular weight is 290 g/mol. The standard InChI is InChI=1S/C11H15IO/c1-11(2,3)8-5-6-10(13-4)9(12)7-8/h5-7H,1-4H3. The molecule has 0 saturated carbocycles. The highest BCUT2D eigenvalue weighted by molar-refractivity contribution is 14.1. The van der Waals surface area contributed by atoms with Gasteiger partial charge in [-0.2, -0.15) is 0 Å². The Kier molecular flexibility index (Phi) is 3.22. The van der Waals surface area contributed by atoms with E-state index >= 15 is 0 Å². The predicted octanol–water partition coefficient (Wildman–Crippen LogP) is 3.60. The highest BCUT2D eigenvalue weighted by atomic mass is 127. The molecule has 0 radical (unpaired) electrons. The molecule has 0 atom stereocenters. The van der Waals surface area contributed by atoms with Crippen LogP contribution in [0.4, 0.5) is 0 Å². The summed E-state index contributed by atoms with van der Waals surface area (Å²) in [5, 5.41) is 0. The summed E-state index contributed by atoms with van der Waals surface area (Å²) < 4.78 is 6.38. The van der Waals surface area contributed by atoms with E-state index in [2.05, 4.69) is 55.5 Å². The van der Waals surface area contributed by atoms with Crippen molar-refractivity contribution in [1.29, 1.82) is 0 Å². The summed E-state index contributed by atoms with van der Waals surface area (Å²) >= 11 is 2.30. The van der Waals surface area contributed by atoms with Crippen LogP contribution in [0.1, 0.15) is 26.3 Å². The lowest BCUT2D eigenvalue weighted by molar-refractivity contribution is 0.411. The quantitative estimate of drug-likeness (QED) is 0.718. The van der Waals surface area contributed by atoms with Gasteiger partial charge in [-0.15, -0.1) is 0 Å². The number of hydrogen-bond acceptors (Lipinski definition) is 1. The van der Waals surface area contributed by atoms with Crippen LogP contribution in [0.25, 0.3) is 0 Å². The van der Waals surface area contributed by atoms with Crippen molar-refractivity contribution >= 4 is 22.6 Å². The summed E-state index contributed by atoms with van der Waals surface area (Å²) in [6.45, 7) is 6.64. The molecule has 1 rings (SSSR count). The van der Waals surface area contributed by atoms with Crippen LogP contribution < -0.4 is 4.74 Å². The summed E-state index contributed by atoms with van der Waals surface area (Å²) in [6, 6.07) is 6.34. The second-order valence-electron chi connectivity index (χ2n) is 4.10. The minimum absolute atomic E-state index is 0.214. The van der Waals surface area contributed by atoms with Crippen LogP contribution in [-0.4, -0.2) is 7.11 Å². The molecule has 0 aliphatic carbocycles. The lowest BCUT2D eigenvalue weighted by Crippen LogP contribution is -2.11. The van der Waals surface area contributed by atoms with Gasteiger partial charge in [0.15, 0.2) is 0 Å². The van der Waals surface area contributed by atoms with Gasteiger partial charge in [0.2, 0.25) is 0 Å². The van der Waals surface area contributed by atoms with Crippen LogP contribution in [-0.2, 0) is 5.41 Å². The van der Waals surface area contributed by atoms with Crippen LogP contribution in [0.2, 0.25) is 0 Å². The molecule has 0 heterocycles. The van der Waals surface area contributed by atoms with Gasteiger partial charge in [-0.1, -0.05) is 26.8 Å². The van der Waals surface area contributed by atoms with Crippen LogP contribution in [0.15, 0.2) is 18.2 Å². The van der Waals surface area contributed by atoms with Gasteiger partial charge in [0, 0.05) is 0 Å². The number of rotatable bonds is 1. The third-order valence-electron chi connectivity index (χ3n) is 2.02. The first kappa shape index (κ1) is 10.8. The Morgan fingerprint density at radius 1 is 1.23 bits per heavy atom. The Morgan fingerprint density at radius 2 is 1.85 bits per heavy atom. The molecule has 1 aromatic carbocycles. The number of halogens is 1. The molecule has 0 aliphatic rings. The molecule has 0 aliphatic heterocycles. The van der Waals surface area contributed by atoms with Gasteiger partial charge in [0.05, 0.1) is 10.7 Å². The van der Waals surface area contributed by atoms with E-state index in [0.29, 0.717) is 0 Å². The zero-order valence-corrected chi connectivity index (χ0v) is 10.7. The normalized spacial score (nSPS) is 11.5. The van der Waals surface area contributed by atoms with Crippen molar-refractivity contribution in [2.75, 3.05) is 7.11 Å². The monoisotopic (exact) mass is 290 g/mol. The van der Waals surface area contributed by atoms with Crippen molar-refractivity contribution < 1.29 is 4.74 Å². The summed E-state index contributed by atoms with van der Waals surface area (Å²) in [4.78, 5) is 0. The average Bonchev–Trinajstić information content (AvgIpc) is 2.02. The van der Waals surface area contributed by atoms with Gasteiger partial charge in [0.25, 0.3) is 0 Å². The molecule has 0 amide bonds. The van der Waals surface area contributed by atoms with Crippen molar-refractivity contribution in [2.45, 2.75) is 26.2 Å². The van der Waals surface area contributed by atoms with Gasteiger partial charge in [-0.05, 0) is 45.7 Å². The van der Waals surface area contributed by atoms with E-state index in [9.17, 15) is 0 Å². The Bertz CT molecular complexity index is 299. The lowest BCUT2D eigenvalue weighted by Gasteiger charge is -2.19. The van der Waals surface area contributed by atoms with Crippen LogP contribution >= 0.6 is 22.6 Å². The van der Waals surface area contributed by atoms with Crippen molar-refractivity contribution in [3.05, 3.63) is 27.3 Å². The maximum Gasteiger partial charge on any atom is 0.132 e. The van der Waals surface area contributed by atoms with Crippen molar-refractivity contribution in [3.63, 3.8) is 0 Å². The smallest absolute Gasteiger partial charge is 0.132 e. The second-order valence-corrected chi connectivity index (χ2v) is 5.26. The van der Waals surface area contributed by atoms with E-state index in [-0.39, 0.29) is 5.41 Å². The molecule has 0 unspecified atom stereocenters. The fraction of sp³-hybridized carbons (Fsp3) is 0.455. The van der Waals surface area contributed by atoms with Crippen molar-refractivity contribution in [1.82, 2.24) is 0 Å². The van der Waals surface area contributed by atoms with Crippen LogP contribution in [0, 0.1) is 3.57 Å². The summed E-state index contributed by atoms with van der Waals surface area (Å²) in [5.74, 6) is 0.952. The Hall–Kier alpha value is -0.250. The summed E-state index contributed by atoms with van der Waals surface area (Å²) in [7, 11) is 1.70. The largest absolute Gasteiger partial charge is 0.496 e. The van der Waals surface area contributed by atoms with Crippen LogP contribution in [0.3, 0.4) is 0 Å². The third-order valence-corrected chi connectivity index (χ3v) is 2.86. The molecular formula is C11H15IO. The minimum Gasteiger partial charge on any atom is -0.496 e. The maximum atomic E-state index is 5.21. The van der Waals surface area contributed by atoms with Crippen molar-refractivity contribution in [2.24, 2.45) is 0 Å². The molecular weight excluding hydrogens is 275 g/mol. The third kappa shape index (κ3) is 2.59. The van der Waals surface area contributed by atoms with E-state index in [1.807, 2.05) is 6.07 Å². The fourth-order valence-corrected chi connectivity index (χ4v) is 1.87. The van der Waals surface area contributed by atoms with E-state index in [0.717, 1.165) is 5.75 Å².